The van der Waals surface area contributed by atoms with Crippen LogP contribution in [0.5, 0.6) is 0 Å². The first-order chi connectivity index (χ1) is 11.7. The molecule has 3 nitrogen and oxygen atoms in total. The van der Waals surface area contributed by atoms with E-state index in [1.807, 2.05) is 24.3 Å². The van der Waals surface area contributed by atoms with Crippen molar-refractivity contribution in [1.29, 1.82) is 0 Å². The van der Waals surface area contributed by atoms with Crippen LogP contribution in [0.3, 0.4) is 0 Å². The van der Waals surface area contributed by atoms with Gasteiger partial charge in [0.2, 0.25) is 0 Å². The number of rotatable bonds is 6. The molecule has 24 heavy (non-hydrogen) atoms. The molecule has 0 fully saturated rings. The van der Waals surface area contributed by atoms with E-state index in [0.717, 1.165) is 34.7 Å². The van der Waals surface area contributed by atoms with E-state index in [4.69, 9.17) is 11.6 Å². The molecule has 0 bridgehead atoms. The zero-order valence-corrected chi connectivity index (χ0v) is 15.4. The van der Waals surface area contributed by atoms with Crippen molar-refractivity contribution in [2.24, 2.45) is 0 Å². The van der Waals surface area contributed by atoms with E-state index in [1.165, 1.54) is 16.7 Å². The predicted octanol–water partition coefficient (Wildman–Crippen LogP) is 5.14. The topological polar surface area (TPSA) is 30.7 Å². The lowest BCUT2D eigenvalue weighted by atomic mass is 10.1. The summed E-state index contributed by atoms with van der Waals surface area (Å²) in [6.45, 7) is 5.10. The highest BCUT2D eigenvalue weighted by atomic mass is 35.5. The van der Waals surface area contributed by atoms with Crippen LogP contribution >= 0.6 is 23.4 Å². The van der Waals surface area contributed by atoms with Crippen LogP contribution in [-0.2, 0) is 18.7 Å². The second-order valence-corrected chi connectivity index (χ2v) is 7.10. The Morgan fingerprint density at radius 1 is 0.958 bits per heavy atom. The van der Waals surface area contributed by atoms with Crippen LogP contribution in [0.15, 0.2) is 53.7 Å². The van der Waals surface area contributed by atoms with Gasteiger partial charge in [0, 0.05) is 23.7 Å². The highest BCUT2D eigenvalue weighted by molar-refractivity contribution is 7.98. The summed E-state index contributed by atoms with van der Waals surface area (Å²) in [6.07, 6.45) is 0.767. The van der Waals surface area contributed by atoms with Crippen molar-refractivity contribution in [1.82, 2.24) is 14.8 Å². The Hall–Kier alpha value is -1.78. The van der Waals surface area contributed by atoms with Crippen LogP contribution < -0.4 is 0 Å². The van der Waals surface area contributed by atoms with Crippen LogP contribution in [-0.4, -0.2) is 14.8 Å². The highest BCUT2D eigenvalue weighted by Crippen LogP contribution is 2.23. The van der Waals surface area contributed by atoms with E-state index < -0.39 is 0 Å². The third-order valence-electron chi connectivity index (χ3n) is 3.87. The average Bonchev–Trinajstić information content (AvgIpc) is 2.98. The van der Waals surface area contributed by atoms with Gasteiger partial charge >= 0.3 is 0 Å². The third kappa shape index (κ3) is 4.19. The zero-order valence-electron chi connectivity index (χ0n) is 13.9. The fraction of sp³-hybridized carbons (Fsp3) is 0.263. The Labute approximate surface area is 152 Å². The fourth-order valence-electron chi connectivity index (χ4n) is 2.49. The first-order valence-corrected chi connectivity index (χ1v) is 9.37. The average molecular weight is 358 g/mol. The lowest BCUT2D eigenvalue weighted by Crippen LogP contribution is -2.04. The smallest absolute Gasteiger partial charge is 0.191 e. The summed E-state index contributed by atoms with van der Waals surface area (Å²) in [5.41, 5.74) is 3.78. The van der Waals surface area contributed by atoms with Crippen LogP contribution in [0.1, 0.15) is 29.4 Å². The molecule has 0 atom stereocenters. The molecule has 1 aromatic heterocycles. The third-order valence-corrected chi connectivity index (χ3v) is 5.16. The van der Waals surface area contributed by atoms with Gasteiger partial charge in [-0.25, -0.2) is 0 Å². The number of hydrogen-bond donors (Lipinski definition) is 0. The van der Waals surface area contributed by atoms with Gasteiger partial charge in [-0.1, -0.05) is 65.3 Å². The molecule has 5 heteroatoms. The quantitative estimate of drug-likeness (QED) is 0.572. The molecule has 0 aliphatic heterocycles. The molecule has 0 spiro atoms. The van der Waals surface area contributed by atoms with Crippen molar-refractivity contribution in [3.8, 4) is 0 Å². The molecule has 0 N–H and O–H groups in total. The molecule has 0 aliphatic rings. The SMILES string of the molecule is CCn1c(Cc2ccc(Cl)cc2)nnc1SCc1ccc(C)cc1. The molecular weight excluding hydrogens is 338 g/mol. The van der Waals surface area contributed by atoms with Crippen molar-refractivity contribution in [3.05, 3.63) is 76.1 Å². The second-order valence-electron chi connectivity index (χ2n) is 5.72. The van der Waals surface area contributed by atoms with Gasteiger partial charge in [-0.15, -0.1) is 10.2 Å². The van der Waals surface area contributed by atoms with E-state index in [9.17, 15) is 0 Å². The number of nitrogens with zero attached hydrogens (tertiary/aromatic N) is 3. The summed E-state index contributed by atoms with van der Waals surface area (Å²) < 4.78 is 2.19. The van der Waals surface area contributed by atoms with Gasteiger partial charge in [-0.3, -0.25) is 0 Å². The molecule has 0 saturated carbocycles. The molecular formula is C19H20ClN3S. The van der Waals surface area contributed by atoms with E-state index in [1.54, 1.807) is 11.8 Å². The Bertz CT molecular complexity index is 794. The predicted molar refractivity (Wildman–Crippen MR) is 101 cm³/mol. The molecule has 0 aliphatic carbocycles. The maximum atomic E-state index is 5.95. The van der Waals surface area contributed by atoms with Crippen LogP contribution in [0.25, 0.3) is 0 Å². The molecule has 3 aromatic rings. The van der Waals surface area contributed by atoms with Crippen LogP contribution in [0, 0.1) is 6.92 Å². The summed E-state index contributed by atoms with van der Waals surface area (Å²) in [6, 6.07) is 16.5. The van der Waals surface area contributed by atoms with E-state index in [-0.39, 0.29) is 0 Å². The molecule has 3 rings (SSSR count). The van der Waals surface area contributed by atoms with Crippen LogP contribution in [0.4, 0.5) is 0 Å². The fourth-order valence-corrected chi connectivity index (χ4v) is 3.59. The minimum atomic E-state index is 0.755. The number of aromatic nitrogens is 3. The van der Waals surface area contributed by atoms with E-state index in [0.29, 0.717) is 0 Å². The summed E-state index contributed by atoms with van der Waals surface area (Å²) in [7, 11) is 0. The Kier molecular flexibility index (Phi) is 5.59. The number of halogens is 1. The summed E-state index contributed by atoms with van der Waals surface area (Å²) in [5.74, 6) is 1.89. The number of benzene rings is 2. The maximum absolute atomic E-state index is 5.95. The molecule has 0 saturated heterocycles. The Morgan fingerprint density at radius 3 is 2.29 bits per heavy atom. The standard InChI is InChI=1S/C19H20ClN3S/c1-3-23-18(12-15-8-10-17(20)11-9-15)21-22-19(23)24-13-16-6-4-14(2)5-7-16/h4-11H,3,12-13H2,1-2H3. The van der Waals surface area contributed by atoms with Crippen molar-refractivity contribution in [3.63, 3.8) is 0 Å². The van der Waals surface area contributed by atoms with Crippen molar-refractivity contribution in [2.75, 3.05) is 0 Å². The minimum absolute atomic E-state index is 0.755. The second kappa shape index (κ2) is 7.86. The number of hydrogen-bond acceptors (Lipinski definition) is 3. The number of thioether (sulfide) groups is 1. The zero-order chi connectivity index (χ0) is 16.9. The lowest BCUT2D eigenvalue weighted by Gasteiger charge is -2.08. The molecule has 0 radical (unpaired) electrons. The summed E-state index contributed by atoms with van der Waals surface area (Å²) in [5, 5.41) is 10.5. The first kappa shape index (κ1) is 17.1. The van der Waals surface area contributed by atoms with Gasteiger partial charge in [-0.2, -0.15) is 0 Å². The molecule has 2 aromatic carbocycles. The van der Waals surface area contributed by atoms with Crippen molar-refractivity contribution < 1.29 is 0 Å². The molecule has 0 unspecified atom stereocenters. The van der Waals surface area contributed by atoms with Gasteiger partial charge in [0.1, 0.15) is 5.82 Å². The summed E-state index contributed by atoms with van der Waals surface area (Å²) >= 11 is 7.68. The minimum Gasteiger partial charge on any atom is -0.306 e. The monoisotopic (exact) mass is 357 g/mol. The van der Waals surface area contributed by atoms with Crippen LogP contribution in [0.2, 0.25) is 5.02 Å². The number of aryl methyl sites for hydroxylation is 1. The maximum Gasteiger partial charge on any atom is 0.191 e. The Morgan fingerprint density at radius 2 is 1.62 bits per heavy atom. The first-order valence-electron chi connectivity index (χ1n) is 8.00. The molecule has 0 amide bonds. The van der Waals surface area contributed by atoms with Gasteiger partial charge in [0.25, 0.3) is 0 Å². The van der Waals surface area contributed by atoms with Crippen molar-refractivity contribution in [2.45, 2.75) is 37.7 Å². The van der Waals surface area contributed by atoms with Gasteiger partial charge in [0.05, 0.1) is 0 Å². The van der Waals surface area contributed by atoms with Gasteiger partial charge in [-0.05, 0) is 37.1 Å². The van der Waals surface area contributed by atoms with E-state index >= 15 is 0 Å². The normalized spacial score (nSPS) is 11.0. The van der Waals surface area contributed by atoms with Gasteiger partial charge < -0.3 is 4.57 Å². The summed E-state index contributed by atoms with van der Waals surface area (Å²) in [4.78, 5) is 0. The molecule has 124 valence electrons. The lowest BCUT2D eigenvalue weighted by molar-refractivity contribution is 0.651. The largest absolute Gasteiger partial charge is 0.306 e. The Balaban J connectivity index is 1.71. The molecule has 1 heterocycles. The highest BCUT2D eigenvalue weighted by Gasteiger charge is 2.12. The van der Waals surface area contributed by atoms with Gasteiger partial charge in [0.15, 0.2) is 5.16 Å². The van der Waals surface area contributed by atoms with E-state index in [2.05, 4.69) is 52.9 Å². The van der Waals surface area contributed by atoms with Crippen molar-refractivity contribution >= 4 is 23.4 Å².